The summed E-state index contributed by atoms with van der Waals surface area (Å²) < 4.78 is 85.4. The van der Waals surface area contributed by atoms with E-state index in [9.17, 15) is 40.7 Å². The first kappa shape index (κ1) is 29.1. The average molecular weight is 567 g/mol. The zero-order valence-corrected chi connectivity index (χ0v) is 21.4. The summed E-state index contributed by atoms with van der Waals surface area (Å²) in [4.78, 5) is 39.2. The fourth-order valence-corrected chi connectivity index (χ4v) is 5.74. The normalized spacial score (nSPS) is 27.6. The van der Waals surface area contributed by atoms with E-state index in [0.717, 1.165) is 36.4 Å². The number of nitrogens with one attached hydrogen (secondary N) is 1. The van der Waals surface area contributed by atoms with Crippen molar-refractivity contribution in [1.82, 2.24) is 5.32 Å². The Bertz CT molecular complexity index is 1400. The van der Waals surface area contributed by atoms with Crippen molar-refractivity contribution in [2.45, 2.75) is 56.8 Å². The molecule has 0 radical (unpaired) electrons. The quantitative estimate of drug-likeness (QED) is 0.401. The van der Waals surface area contributed by atoms with Gasteiger partial charge in [0.25, 0.3) is 5.91 Å². The predicted octanol–water partition coefficient (Wildman–Crippen LogP) is 5.09. The van der Waals surface area contributed by atoms with Crippen LogP contribution in [-0.4, -0.2) is 35.5 Å². The first-order valence-corrected chi connectivity index (χ1v) is 12.0. The number of alkyl halides is 6. The monoisotopic (exact) mass is 567 g/mol. The van der Waals surface area contributed by atoms with E-state index >= 15 is 0 Å². The average Bonchev–Trinajstić information content (AvgIpc) is 3.25. The SMILES string of the molecule is C[C@H]1[C@@H](C(=O)N(C=O)c2ccc(C#N)c(C(F)(F)F)c2)C2(C)OC1(C)C[C@H]2NC(=O)c1ccc(C(F)(F)F)cc1. The van der Waals surface area contributed by atoms with E-state index in [1.165, 1.54) is 13.0 Å². The standard InChI is InChI=1S/C27H23F6N3O4/c1-14-21(23(39)36(13-37)18-9-6-16(12-34)19(10-18)27(31,32)33)25(3)20(11-24(14,2)40-25)35-22(38)15-4-7-17(8-5-15)26(28,29)30/h4-10,13-14,20-21H,11H2,1-3H3,(H,35,38)/t14-,20+,21-,24?,25?/m0/s1. The van der Waals surface area contributed by atoms with Gasteiger partial charge in [-0.25, -0.2) is 0 Å². The molecule has 2 aromatic carbocycles. The summed E-state index contributed by atoms with van der Waals surface area (Å²) in [5.41, 5.74) is -5.78. The van der Waals surface area contributed by atoms with Crippen LogP contribution in [-0.2, 0) is 26.7 Å². The van der Waals surface area contributed by atoms with Crippen LogP contribution in [0.25, 0.3) is 0 Å². The van der Waals surface area contributed by atoms with Gasteiger partial charge >= 0.3 is 12.4 Å². The van der Waals surface area contributed by atoms with Crippen molar-refractivity contribution in [3.8, 4) is 6.07 Å². The maximum atomic E-state index is 13.7. The highest BCUT2D eigenvalue weighted by Gasteiger charge is 2.69. The minimum atomic E-state index is -4.92. The number of ether oxygens (including phenoxy) is 1. The number of benzene rings is 2. The van der Waals surface area contributed by atoms with Crippen molar-refractivity contribution in [3.05, 3.63) is 64.7 Å². The first-order chi connectivity index (χ1) is 18.5. The lowest BCUT2D eigenvalue weighted by atomic mass is 9.65. The van der Waals surface area contributed by atoms with Gasteiger partial charge in [-0.15, -0.1) is 0 Å². The van der Waals surface area contributed by atoms with E-state index in [1.807, 2.05) is 0 Å². The van der Waals surface area contributed by atoms with Crippen molar-refractivity contribution in [2.24, 2.45) is 11.8 Å². The number of hydrogen-bond acceptors (Lipinski definition) is 5. The van der Waals surface area contributed by atoms with Gasteiger partial charge in [-0.2, -0.15) is 31.6 Å². The molecule has 5 atom stereocenters. The van der Waals surface area contributed by atoms with Crippen molar-refractivity contribution < 1.29 is 45.5 Å². The Balaban J connectivity index is 1.63. The van der Waals surface area contributed by atoms with Crippen LogP contribution in [0.5, 0.6) is 0 Å². The van der Waals surface area contributed by atoms with Crippen LogP contribution in [0.15, 0.2) is 42.5 Å². The van der Waals surface area contributed by atoms with Gasteiger partial charge in [-0.05, 0) is 68.7 Å². The number of anilines is 1. The van der Waals surface area contributed by atoms with Crippen LogP contribution >= 0.6 is 0 Å². The summed E-state index contributed by atoms with van der Waals surface area (Å²) in [6.45, 7) is 4.91. The molecule has 2 bridgehead atoms. The molecule has 13 heteroatoms. The lowest BCUT2D eigenvalue weighted by Crippen LogP contribution is -2.59. The van der Waals surface area contributed by atoms with E-state index in [0.29, 0.717) is 11.0 Å². The second kappa shape index (κ2) is 9.62. The van der Waals surface area contributed by atoms with Crippen LogP contribution in [0.4, 0.5) is 32.0 Å². The summed E-state index contributed by atoms with van der Waals surface area (Å²) in [6, 6.07) is 6.61. The fourth-order valence-electron chi connectivity index (χ4n) is 5.74. The smallest absolute Gasteiger partial charge is 0.366 e. The number of nitriles is 1. The van der Waals surface area contributed by atoms with Crippen LogP contribution in [0, 0.1) is 23.2 Å². The Morgan fingerprint density at radius 1 is 1.07 bits per heavy atom. The molecule has 7 nitrogen and oxygen atoms in total. The number of hydrogen-bond donors (Lipinski definition) is 1. The molecule has 2 saturated heterocycles. The van der Waals surface area contributed by atoms with Crippen molar-refractivity contribution in [2.75, 3.05) is 4.90 Å². The van der Waals surface area contributed by atoms with Crippen LogP contribution in [0.2, 0.25) is 0 Å². The third-order valence-electron chi connectivity index (χ3n) is 7.93. The number of halogens is 6. The number of carbonyl (C=O) groups is 3. The number of fused-ring (bicyclic) bond motifs is 2. The maximum absolute atomic E-state index is 13.7. The van der Waals surface area contributed by atoms with Gasteiger partial charge in [0, 0.05) is 5.56 Å². The molecule has 3 amide bonds. The highest BCUT2D eigenvalue weighted by atomic mass is 19.4. The van der Waals surface area contributed by atoms with Gasteiger partial charge in [-0.1, -0.05) is 6.92 Å². The third kappa shape index (κ3) is 4.81. The van der Waals surface area contributed by atoms with Crippen LogP contribution < -0.4 is 10.2 Å². The molecule has 0 saturated carbocycles. The molecular weight excluding hydrogens is 544 g/mol. The van der Waals surface area contributed by atoms with E-state index in [1.54, 1.807) is 13.8 Å². The van der Waals surface area contributed by atoms with Gasteiger partial charge in [0.2, 0.25) is 12.3 Å². The van der Waals surface area contributed by atoms with E-state index in [-0.39, 0.29) is 18.4 Å². The van der Waals surface area contributed by atoms with E-state index < -0.39 is 75.6 Å². The lowest BCUT2D eigenvalue weighted by Gasteiger charge is -2.40. The molecule has 0 aromatic heterocycles. The molecule has 2 fully saturated rings. The number of nitrogens with zero attached hydrogens (tertiary/aromatic N) is 2. The van der Waals surface area contributed by atoms with E-state index in [4.69, 9.17) is 10.00 Å². The van der Waals surface area contributed by atoms with Crippen molar-refractivity contribution >= 4 is 23.9 Å². The molecule has 2 unspecified atom stereocenters. The maximum Gasteiger partial charge on any atom is 0.417 e. The molecule has 4 rings (SSSR count). The largest absolute Gasteiger partial charge is 0.417 e. The lowest BCUT2D eigenvalue weighted by molar-refractivity contribution is -0.138. The van der Waals surface area contributed by atoms with Crippen molar-refractivity contribution in [1.29, 1.82) is 5.26 Å². The van der Waals surface area contributed by atoms with Crippen molar-refractivity contribution in [3.63, 3.8) is 0 Å². The molecule has 2 aliphatic rings. The fraction of sp³-hybridized carbons (Fsp3) is 0.407. The summed E-state index contributed by atoms with van der Waals surface area (Å²) in [5.74, 6) is -3.22. The molecule has 0 spiro atoms. The summed E-state index contributed by atoms with van der Waals surface area (Å²) in [5, 5.41) is 11.8. The minimum absolute atomic E-state index is 0.0627. The molecule has 0 aliphatic carbocycles. The summed E-state index contributed by atoms with van der Waals surface area (Å²) in [6.07, 6.45) is -9.20. The Morgan fingerprint density at radius 3 is 2.20 bits per heavy atom. The zero-order valence-electron chi connectivity index (χ0n) is 21.4. The van der Waals surface area contributed by atoms with Gasteiger partial charge < -0.3 is 10.1 Å². The van der Waals surface area contributed by atoms with Crippen LogP contribution in [0.3, 0.4) is 0 Å². The molecule has 2 aliphatic heterocycles. The van der Waals surface area contributed by atoms with Gasteiger partial charge in [0.1, 0.15) is 0 Å². The molecule has 1 N–H and O–H groups in total. The Kier molecular flexibility index (Phi) is 6.99. The summed E-state index contributed by atoms with van der Waals surface area (Å²) in [7, 11) is 0. The molecular formula is C27H23F6N3O4. The zero-order chi connectivity index (χ0) is 29.8. The number of imide groups is 1. The Morgan fingerprint density at radius 2 is 1.70 bits per heavy atom. The Hall–Kier alpha value is -3.92. The number of rotatable bonds is 5. The molecule has 212 valence electrons. The number of amides is 3. The highest BCUT2D eigenvalue weighted by molar-refractivity contribution is 6.09. The topological polar surface area (TPSA) is 99.5 Å². The minimum Gasteiger partial charge on any atom is -0.366 e. The van der Waals surface area contributed by atoms with Gasteiger partial charge in [0.05, 0.1) is 51.6 Å². The molecule has 2 heterocycles. The highest BCUT2D eigenvalue weighted by Crippen LogP contribution is 2.58. The van der Waals surface area contributed by atoms with Gasteiger partial charge in [0.15, 0.2) is 0 Å². The summed E-state index contributed by atoms with van der Waals surface area (Å²) >= 11 is 0. The van der Waals surface area contributed by atoms with Crippen LogP contribution in [0.1, 0.15) is 54.2 Å². The molecule has 2 aromatic rings. The number of carbonyl (C=O) groups excluding carboxylic acids is 3. The second-order valence-electron chi connectivity index (χ2n) is 10.3. The third-order valence-corrected chi connectivity index (χ3v) is 7.93. The predicted molar refractivity (Wildman–Crippen MR) is 128 cm³/mol. The Labute approximate surface area is 224 Å². The molecule has 40 heavy (non-hydrogen) atoms. The van der Waals surface area contributed by atoms with E-state index in [2.05, 4.69) is 5.32 Å². The second-order valence-corrected chi connectivity index (χ2v) is 10.3. The first-order valence-electron chi connectivity index (χ1n) is 12.0. The van der Waals surface area contributed by atoms with Gasteiger partial charge in [-0.3, -0.25) is 19.3 Å².